The largest absolute Gasteiger partial charge is 0.508 e. The van der Waals surface area contributed by atoms with Gasteiger partial charge in [0.25, 0.3) is 0 Å². The first-order chi connectivity index (χ1) is 14.8. The molecule has 0 bridgehead atoms. The lowest BCUT2D eigenvalue weighted by molar-refractivity contribution is -0.141. The summed E-state index contributed by atoms with van der Waals surface area (Å²) in [7, 11) is 0. The molecule has 11 heteroatoms. The average Bonchev–Trinajstić information content (AvgIpc) is 2.72. The quantitative estimate of drug-likeness (QED) is 0.265. The van der Waals surface area contributed by atoms with Crippen LogP contribution in [0, 0.1) is 6.92 Å². The number of hydrogen-bond acceptors (Lipinski definition) is 7. The van der Waals surface area contributed by atoms with E-state index in [0.717, 1.165) is 0 Å². The van der Waals surface area contributed by atoms with Crippen LogP contribution in [-0.2, 0) is 20.9 Å². The van der Waals surface area contributed by atoms with Crippen molar-refractivity contribution < 1.29 is 29.4 Å². The Kier molecular flexibility index (Phi) is 6.95. The lowest BCUT2D eigenvalue weighted by atomic mass is 10.1. The average molecular weight is 449 g/mol. The van der Waals surface area contributed by atoms with Gasteiger partial charge >= 0.3 is 11.8 Å². The molecule has 0 radical (unpaired) electrons. The Hall–Kier alpha value is -3.34. The number of hydroxylamine groups is 1. The zero-order valence-electron chi connectivity index (χ0n) is 16.6. The van der Waals surface area contributed by atoms with Gasteiger partial charge in [0.1, 0.15) is 17.2 Å². The first-order valence-electron chi connectivity index (χ1n) is 9.31. The van der Waals surface area contributed by atoms with Crippen molar-refractivity contribution in [3.05, 3.63) is 46.5 Å². The zero-order valence-corrected chi connectivity index (χ0v) is 17.3. The Morgan fingerprint density at radius 2 is 2.03 bits per heavy atom. The first-order valence-corrected chi connectivity index (χ1v) is 9.69. The molecule has 0 aliphatic carbocycles. The number of benzene rings is 2. The second kappa shape index (κ2) is 9.65. The predicted molar refractivity (Wildman–Crippen MR) is 111 cm³/mol. The zero-order chi connectivity index (χ0) is 22.5. The lowest BCUT2D eigenvalue weighted by Crippen LogP contribution is -2.47. The molecule has 0 atom stereocenters. The second-order valence-electron chi connectivity index (χ2n) is 6.95. The summed E-state index contributed by atoms with van der Waals surface area (Å²) in [5.74, 6) is -1.49. The number of phenolic OH excluding ortho intramolecular Hbond substituents is 1. The Labute approximate surface area is 182 Å². The summed E-state index contributed by atoms with van der Waals surface area (Å²) in [4.78, 5) is 36.2. The van der Waals surface area contributed by atoms with Crippen LogP contribution in [0.3, 0.4) is 0 Å². The van der Waals surface area contributed by atoms with Crippen molar-refractivity contribution in [1.82, 2.24) is 15.7 Å². The van der Waals surface area contributed by atoms with E-state index in [1.807, 2.05) is 4.90 Å². The van der Waals surface area contributed by atoms with Crippen molar-refractivity contribution in [1.29, 1.82) is 0 Å². The number of nitrogens with zero attached hydrogens (tertiary/aromatic N) is 1. The molecule has 0 unspecified atom stereocenters. The van der Waals surface area contributed by atoms with E-state index >= 15 is 0 Å². The first kappa shape index (κ1) is 22.3. The Morgan fingerprint density at radius 1 is 1.26 bits per heavy atom. The van der Waals surface area contributed by atoms with E-state index < -0.39 is 11.8 Å². The van der Waals surface area contributed by atoms with Crippen LogP contribution in [0.15, 0.2) is 30.3 Å². The molecule has 2 aromatic rings. The van der Waals surface area contributed by atoms with E-state index in [1.165, 1.54) is 17.6 Å². The molecule has 1 saturated heterocycles. The third kappa shape index (κ3) is 5.63. The maximum Gasteiger partial charge on any atom is 0.332 e. The van der Waals surface area contributed by atoms with Crippen LogP contribution in [-0.4, -0.2) is 52.6 Å². The molecular formula is C20H21ClN4O6. The Morgan fingerprint density at radius 3 is 2.71 bits per heavy atom. The molecule has 1 aliphatic rings. The summed E-state index contributed by atoms with van der Waals surface area (Å²) in [6.45, 7) is 3.55. The molecule has 0 aromatic heterocycles. The minimum absolute atomic E-state index is 0.0656. The Bertz CT molecular complexity index is 1010. The van der Waals surface area contributed by atoms with Crippen molar-refractivity contribution in [3.63, 3.8) is 0 Å². The number of aromatic hydroxyl groups is 1. The third-order valence-corrected chi connectivity index (χ3v) is 4.86. The standard InChI is InChI=1S/C20H21ClN4O6/c1-11-6-13(23-19(28)20(29)24-30)8-15(21)18(11)31-14-2-3-16(26)12(7-14)9-25-5-4-22-17(27)10-25/h2-3,6-8,26,30H,4-5,9-10H2,1H3,(H,22,27)(H,23,28)(H,24,29). The number of rotatable bonds is 5. The maximum atomic E-state index is 11.6. The number of carbonyl (C=O) groups excluding carboxylic acids is 3. The van der Waals surface area contributed by atoms with Crippen LogP contribution in [0.5, 0.6) is 17.2 Å². The molecule has 0 spiro atoms. The number of nitrogens with one attached hydrogen (secondary N) is 3. The number of phenols is 1. The molecule has 1 aliphatic heterocycles. The fourth-order valence-electron chi connectivity index (χ4n) is 3.11. The monoisotopic (exact) mass is 448 g/mol. The summed E-state index contributed by atoms with van der Waals surface area (Å²) in [5, 5.41) is 23.9. The number of amides is 3. The van der Waals surface area contributed by atoms with E-state index in [2.05, 4.69) is 10.6 Å². The molecule has 10 nitrogen and oxygen atoms in total. The van der Waals surface area contributed by atoms with Gasteiger partial charge < -0.3 is 20.5 Å². The van der Waals surface area contributed by atoms with E-state index in [4.69, 9.17) is 21.5 Å². The van der Waals surface area contributed by atoms with Gasteiger partial charge in [-0.3, -0.25) is 24.5 Å². The normalized spacial score (nSPS) is 14.0. The van der Waals surface area contributed by atoms with Crippen molar-refractivity contribution >= 4 is 35.0 Å². The van der Waals surface area contributed by atoms with Crippen LogP contribution < -0.4 is 20.9 Å². The van der Waals surface area contributed by atoms with Gasteiger partial charge in [-0.1, -0.05) is 11.6 Å². The van der Waals surface area contributed by atoms with E-state index in [1.54, 1.807) is 25.1 Å². The van der Waals surface area contributed by atoms with Gasteiger partial charge in [-0.2, -0.15) is 0 Å². The van der Waals surface area contributed by atoms with Crippen LogP contribution in [0.1, 0.15) is 11.1 Å². The van der Waals surface area contributed by atoms with Gasteiger partial charge in [0, 0.05) is 30.9 Å². The molecule has 3 rings (SSSR count). The van der Waals surface area contributed by atoms with E-state index in [0.29, 0.717) is 42.3 Å². The number of anilines is 1. The fourth-order valence-corrected chi connectivity index (χ4v) is 3.41. The summed E-state index contributed by atoms with van der Waals surface area (Å²) in [5.41, 5.74) is 2.67. The van der Waals surface area contributed by atoms with Crippen LogP contribution in [0.25, 0.3) is 0 Å². The van der Waals surface area contributed by atoms with E-state index in [-0.39, 0.29) is 28.9 Å². The van der Waals surface area contributed by atoms with Crippen molar-refractivity contribution in [2.24, 2.45) is 0 Å². The molecule has 5 N–H and O–H groups in total. The van der Waals surface area contributed by atoms with Gasteiger partial charge in [0.05, 0.1) is 11.6 Å². The predicted octanol–water partition coefficient (Wildman–Crippen LogP) is 1.52. The number of ether oxygens (including phenoxy) is 1. The molecule has 164 valence electrons. The number of halogens is 1. The van der Waals surface area contributed by atoms with Crippen LogP contribution >= 0.6 is 11.6 Å². The topological polar surface area (TPSA) is 140 Å². The van der Waals surface area contributed by atoms with Gasteiger partial charge in [-0.25, -0.2) is 5.48 Å². The number of piperazine rings is 1. The van der Waals surface area contributed by atoms with Crippen molar-refractivity contribution in [2.75, 3.05) is 25.0 Å². The highest BCUT2D eigenvalue weighted by Crippen LogP contribution is 2.36. The minimum atomic E-state index is -1.21. The highest BCUT2D eigenvalue weighted by atomic mass is 35.5. The van der Waals surface area contributed by atoms with Gasteiger partial charge in [-0.15, -0.1) is 0 Å². The summed E-state index contributed by atoms with van der Waals surface area (Å²) >= 11 is 6.30. The molecular weight excluding hydrogens is 428 g/mol. The van der Waals surface area contributed by atoms with Crippen molar-refractivity contribution in [2.45, 2.75) is 13.5 Å². The highest BCUT2D eigenvalue weighted by molar-refractivity contribution is 6.39. The smallest absolute Gasteiger partial charge is 0.332 e. The molecule has 3 amide bonds. The molecule has 1 heterocycles. The molecule has 2 aromatic carbocycles. The summed E-state index contributed by atoms with van der Waals surface area (Å²) in [6, 6.07) is 7.70. The lowest BCUT2D eigenvalue weighted by Gasteiger charge is -2.26. The number of carbonyl (C=O) groups is 3. The SMILES string of the molecule is Cc1cc(NC(=O)C(=O)NO)cc(Cl)c1Oc1ccc(O)c(CN2CCNC(=O)C2)c1. The van der Waals surface area contributed by atoms with Gasteiger partial charge in [0.15, 0.2) is 0 Å². The summed E-state index contributed by atoms with van der Waals surface area (Å²) in [6.07, 6.45) is 0. The number of aryl methyl sites for hydroxylation is 1. The third-order valence-electron chi connectivity index (χ3n) is 4.58. The fraction of sp³-hybridized carbons (Fsp3) is 0.250. The number of hydrogen-bond donors (Lipinski definition) is 5. The van der Waals surface area contributed by atoms with Crippen molar-refractivity contribution in [3.8, 4) is 17.2 Å². The molecule has 0 saturated carbocycles. The highest BCUT2D eigenvalue weighted by Gasteiger charge is 2.19. The minimum Gasteiger partial charge on any atom is -0.508 e. The van der Waals surface area contributed by atoms with Crippen LogP contribution in [0.2, 0.25) is 5.02 Å². The summed E-state index contributed by atoms with van der Waals surface area (Å²) < 4.78 is 5.90. The van der Waals surface area contributed by atoms with Gasteiger partial charge in [-0.05, 0) is 42.8 Å². The second-order valence-corrected chi connectivity index (χ2v) is 7.36. The maximum absolute atomic E-state index is 11.6. The molecule has 31 heavy (non-hydrogen) atoms. The Balaban J connectivity index is 1.76. The molecule has 1 fully saturated rings. The van der Waals surface area contributed by atoms with Crippen LogP contribution in [0.4, 0.5) is 5.69 Å². The van der Waals surface area contributed by atoms with Gasteiger partial charge in [0.2, 0.25) is 5.91 Å². The van der Waals surface area contributed by atoms with E-state index in [9.17, 15) is 19.5 Å².